The molecule has 0 aliphatic heterocycles. The molecule has 0 unspecified atom stereocenters. The Bertz CT molecular complexity index is 1030. The lowest BCUT2D eigenvalue weighted by Crippen LogP contribution is -2.14. The molecule has 0 saturated heterocycles. The van der Waals surface area contributed by atoms with Crippen LogP contribution in [-0.2, 0) is 17.6 Å². The van der Waals surface area contributed by atoms with Gasteiger partial charge in [0, 0.05) is 11.4 Å². The van der Waals surface area contributed by atoms with Gasteiger partial charge in [-0.25, -0.2) is 4.79 Å². The van der Waals surface area contributed by atoms with Crippen molar-refractivity contribution in [3.8, 4) is 5.75 Å². The average molecular weight is 404 g/mol. The van der Waals surface area contributed by atoms with E-state index >= 15 is 0 Å². The number of carbonyl (C=O) groups is 2. The molecule has 0 atom stereocenters. The topological polar surface area (TPSA) is 90.6 Å². The molecule has 6 nitrogen and oxygen atoms in total. The van der Waals surface area contributed by atoms with Gasteiger partial charge in [-0.2, -0.15) is 0 Å². The van der Waals surface area contributed by atoms with Crippen LogP contribution in [-0.4, -0.2) is 26.1 Å². The molecule has 0 bridgehead atoms. The Hall–Kier alpha value is -3.80. The number of esters is 1. The molecule has 0 aliphatic rings. The van der Waals surface area contributed by atoms with Crippen LogP contribution in [0.2, 0.25) is 0 Å². The van der Waals surface area contributed by atoms with Crippen LogP contribution in [0.1, 0.15) is 31.8 Å². The van der Waals surface area contributed by atoms with E-state index in [4.69, 9.17) is 15.2 Å². The van der Waals surface area contributed by atoms with Gasteiger partial charge in [0.1, 0.15) is 5.75 Å². The summed E-state index contributed by atoms with van der Waals surface area (Å²) in [7, 11) is 2.91. The van der Waals surface area contributed by atoms with Crippen molar-refractivity contribution >= 4 is 23.3 Å². The number of amides is 1. The molecule has 3 rings (SSSR count). The molecule has 3 N–H and O–H groups in total. The second kappa shape index (κ2) is 9.60. The molecule has 0 radical (unpaired) electrons. The summed E-state index contributed by atoms with van der Waals surface area (Å²) in [5.41, 5.74) is 10.2. The minimum Gasteiger partial charge on any atom is -0.497 e. The first kappa shape index (κ1) is 20.9. The monoisotopic (exact) mass is 404 g/mol. The van der Waals surface area contributed by atoms with E-state index in [0.717, 1.165) is 24.0 Å². The molecule has 0 aliphatic carbocycles. The minimum absolute atomic E-state index is 0.287. The standard InChI is InChI=1S/C24H24N2O4/c1-29-20-13-14-22(25)21(15-20)23(27)26-19-11-7-17(8-12-19)4-3-16-5-9-18(10-6-16)24(28)30-2/h5-15H,3-4,25H2,1-2H3,(H,26,27). The van der Waals surface area contributed by atoms with Crippen LogP contribution in [0.4, 0.5) is 11.4 Å². The number of methoxy groups -OCH3 is 2. The van der Waals surface area contributed by atoms with E-state index in [1.807, 2.05) is 36.4 Å². The van der Waals surface area contributed by atoms with Crippen molar-refractivity contribution in [2.24, 2.45) is 0 Å². The molecule has 1 amide bonds. The lowest BCUT2D eigenvalue weighted by molar-refractivity contribution is 0.0600. The summed E-state index contributed by atoms with van der Waals surface area (Å²) in [6.45, 7) is 0. The Morgan fingerprint density at radius 2 is 1.47 bits per heavy atom. The maximum Gasteiger partial charge on any atom is 0.337 e. The summed E-state index contributed by atoms with van der Waals surface area (Å²) < 4.78 is 9.86. The minimum atomic E-state index is -0.338. The van der Waals surface area contributed by atoms with Gasteiger partial charge in [-0.3, -0.25) is 4.79 Å². The van der Waals surface area contributed by atoms with Gasteiger partial charge < -0.3 is 20.5 Å². The number of ether oxygens (including phenoxy) is 2. The van der Waals surface area contributed by atoms with Crippen LogP contribution in [0.3, 0.4) is 0 Å². The number of nitrogens with two attached hydrogens (primary N) is 1. The van der Waals surface area contributed by atoms with E-state index in [9.17, 15) is 9.59 Å². The quantitative estimate of drug-likeness (QED) is 0.457. The predicted octanol–water partition coefficient (Wildman–Crippen LogP) is 4.10. The lowest BCUT2D eigenvalue weighted by Gasteiger charge is -2.10. The summed E-state index contributed by atoms with van der Waals surface area (Å²) in [6.07, 6.45) is 1.68. The van der Waals surface area contributed by atoms with E-state index in [0.29, 0.717) is 28.3 Å². The molecule has 0 aromatic heterocycles. The van der Waals surface area contributed by atoms with E-state index in [1.54, 1.807) is 37.4 Å². The Morgan fingerprint density at radius 3 is 2.03 bits per heavy atom. The third-order valence-electron chi connectivity index (χ3n) is 4.79. The van der Waals surface area contributed by atoms with Gasteiger partial charge in [0.25, 0.3) is 5.91 Å². The summed E-state index contributed by atoms with van der Waals surface area (Å²) in [5, 5.41) is 2.86. The fourth-order valence-electron chi connectivity index (χ4n) is 3.03. The highest BCUT2D eigenvalue weighted by atomic mass is 16.5. The zero-order chi connectivity index (χ0) is 21.5. The van der Waals surface area contributed by atoms with Crippen LogP contribution >= 0.6 is 0 Å². The lowest BCUT2D eigenvalue weighted by atomic mass is 10.0. The van der Waals surface area contributed by atoms with Crippen LogP contribution in [0.15, 0.2) is 66.7 Å². The van der Waals surface area contributed by atoms with Crippen LogP contribution in [0.5, 0.6) is 5.75 Å². The Morgan fingerprint density at radius 1 is 0.867 bits per heavy atom. The fraction of sp³-hybridized carbons (Fsp3) is 0.167. The maximum atomic E-state index is 12.5. The maximum absolute atomic E-state index is 12.5. The number of aryl methyl sites for hydroxylation is 2. The van der Waals surface area contributed by atoms with Gasteiger partial charge in [-0.05, 0) is 66.4 Å². The van der Waals surface area contributed by atoms with Crippen molar-refractivity contribution < 1.29 is 19.1 Å². The molecular weight excluding hydrogens is 380 g/mol. The highest BCUT2D eigenvalue weighted by molar-refractivity contribution is 6.08. The van der Waals surface area contributed by atoms with E-state index in [-0.39, 0.29) is 11.9 Å². The van der Waals surface area contributed by atoms with Gasteiger partial charge in [0.2, 0.25) is 0 Å². The fourth-order valence-corrected chi connectivity index (χ4v) is 3.03. The molecule has 3 aromatic rings. The van der Waals surface area contributed by atoms with Crippen molar-refractivity contribution in [3.05, 3.63) is 89.0 Å². The highest BCUT2D eigenvalue weighted by Gasteiger charge is 2.11. The van der Waals surface area contributed by atoms with Gasteiger partial charge in [0.05, 0.1) is 25.3 Å². The second-order valence-corrected chi connectivity index (χ2v) is 6.79. The number of nitrogens with one attached hydrogen (secondary N) is 1. The Balaban J connectivity index is 1.58. The highest BCUT2D eigenvalue weighted by Crippen LogP contribution is 2.21. The van der Waals surface area contributed by atoms with Gasteiger partial charge in [-0.15, -0.1) is 0 Å². The van der Waals surface area contributed by atoms with E-state index < -0.39 is 0 Å². The molecule has 0 fully saturated rings. The average Bonchev–Trinajstić information content (AvgIpc) is 2.78. The summed E-state index contributed by atoms with van der Waals surface area (Å²) in [5.74, 6) is -0.0518. The first-order chi connectivity index (χ1) is 14.5. The number of rotatable bonds is 7. The van der Waals surface area contributed by atoms with Gasteiger partial charge in [0.15, 0.2) is 0 Å². The molecule has 6 heteroatoms. The van der Waals surface area contributed by atoms with E-state index in [1.165, 1.54) is 7.11 Å². The molecule has 154 valence electrons. The number of anilines is 2. The van der Waals surface area contributed by atoms with Gasteiger partial charge in [-0.1, -0.05) is 24.3 Å². The smallest absolute Gasteiger partial charge is 0.337 e. The molecule has 0 heterocycles. The third-order valence-corrected chi connectivity index (χ3v) is 4.79. The van der Waals surface area contributed by atoms with Crippen molar-refractivity contribution in [1.82, 2.24) is 0 Å². The molecule has 30 heavy (non-hydrogen) atoms. The van der Waals surface area contributed by atoms with Crippen LogP contribution in [0, 0.1) is 0 Å². The Labute approximate surface area is 175 Å². The second-order valence-electron chi connectivity index (χ2n) is 6.79. The van der Waals surface area contributed by atoms with Gasteiger partial charge >= 0.3 is 5.97 Å². The number of hydrogen-bond donors (Lipinski definition) is 2. The summed E-state index contributed by atoms with van der Waals surface area (Å²) in [6, 6.07) is 20.1. The largest absolute Gasteiger partial charge is 0.497 e. The molecule has 3 aromatic carbocycles. The Kier molecular flexibility index (Phi) is 6.70. The van der Waals surface area contributed by atoms with E-state index in [2.05, 4.69) is 5.32 Å². The van der Waals surface area contributed by atoms with Crippen molar-refractivity contribution in [3.63, 3.8) is 0 Å². The summed E-state index contributed by atoms with van der Waals surface area (Å²) in [4.78, 5) is 24.0. The molecular formula is C24H24N2O4. The van der Waals surface area contributed by atoms with Crippen molar-refractivity contribution in [2.75, 3.05) is 25.3 Å². The number of benzene rings is 3. The first-order valence-corrected chi connectivity index (χ1v) is 9.51. The number of nitrogen functional groups attached to an aromatic ring is 1. The van der Waals surface area contributed by atoms with Crippen molar-refractivity contribution in [1.29, 1.82) is 0 Å². The zero-order valence-electron chi connectivity index (χ0n) is 17.0. The summed E-state index contributed by atoms with van der Waals surface area (Å²) >= 11 is 0. The zero-order valence-corrected chi connectivity index (χ0v) is 17.0. The third kappa shape index (κ3) is 5.17. The first-order valence-electron chi connectivity index (χ1n) is 9.51. The SMILES string of the molecule is COC(=O)c1ccc(CCc2ccc(NC(=O)c3cc(OC)ccc3N)cc2)cc1. The van der Waals surface area contributed by atoms with Crippen LogP contribution in [0.25, 0.3) is 0 Å². The van der Waals surface area contributed by atoms with Crippen molar-refractivity contribution in [2.45, 2.75) is 12.8 Å². The molecule has 0 spiro atoms. The normalized spacial score (nSPS) is 10.3. The predicted molar refractivity (Wildman–Crippen MR) is 117 cm³/mol. The van der Waals surface area contributed by atoms with Crippen LogP contribution < -0.4 is 15.8 Å². The molecule has 0 saturated carbocycles. The number of hydrogen-bond acceptors (Lipinski definition) is 5. The number of carbonyl (C=O) groups excluding carboxylic acids is 2.